The Morgan fingerprint density at radius 1 is 1.21 bits per heavy atom. The van der Waals surface area contributed by atoms with Crippen molar-refractivity contribution in [2.24, 2.45) is 5.41 Å². The van der Waals surface area contributed by atoms with Gasteiger partial charge in [-0.3, -0.25) is 15.0 Å². The average Bonchev–Trinajstić information content (AvgIpc) is 2.42. The summed E-state index contributed by atoms with van der Waals surface area (Å²) < 4.78 is 0. The number of hydrogen-bond donors (Lipinski definition) is 3. The molecule has 1 aliphatic rings. The van der Waals surface area contributed by atoms with Crippen LogP contribution in [-0.4, -0.2) is 46.2 Å². The number of nitro benzene ring substituents is 1. The van der Waals surface area contributed by atoms with E-state index in [0.29, 0.717) is 5.56 Å². The van der Waals surface area contributed by atoms with E-state index in [9.17, 15) is 20.3 Å². The largest absolute Gasteiger partial charge is 0.504 e. The Morgan fingerprint density at radius 3 is 2.21 bits per heavy atom. The van der Waals surface area contributed by atoms with Crippen LogP contribution in [0.4, 0.5) is 5.69 Å². The first-order valence-electron chi connectivity index (χ1n) is 7.37. The van der Waals surface area contributed by atoms with E-state index in [1.54, 1.807) is 0 Å². The van der Waals surface area contributed by atoms with Gasteiger partial charge in [0.1, 0.15) is 0 Å². The SMILES string of the molecule is CC(C)(C)[C@@H](c1cc(O)c(O)c([N+](=O)[O-])c1)N1CCNCC1.Cl.Cl. The molecule has 1 saturated heterocycles. The molecule has 1 aromatic rings. The van der Waals surface area contributed by atoms with E-state index >= 15 is 0 Å². The third-order valence-corrected chi connectivity index (χ3v) is 3.94. The van der Waals surface area contributed by atoms with Crippen molar-refractivity contribution in [3.05, 3.63) is 27.8 Å². The molecule has 2 rings (SSSR count). The van der Waals surface area contributed by atoms with Crippen molar-refractivity contribution >= 4 is 30.5 Å². The predicted octanol–water partition coefficient (Wildman–Crippen LogP) is 2.84. The summed E-state index contributed by atoms with van der Waals surface area (Å²) in [5.41, 5.74) is 0.0185. The molecule has 24 heavy (non-hydrogen) atoms. The minimum absolute atomic E-state index is 0. The van der Waals surface area contributed by atoms with Crippen LogP contribution in [0.15, 0.2) is 12.1 Å². The first-order chi connectivity index (χ1) is 10.2. The maximum Gasteiger partial charge on any atom is 0.314 e. The second-order valence-corrected chi connectivity index (χ2v) is 6.72. The molecule has 0 unspecified atom stereocenters. The monoisotopic (exact) mass is 381 g/mol. The second kappa shape index (κ2) is 8.71. The van der Waals surface area contributed by atoms with Gasteiger partial charge in [0, 0.05) is 38.3 Å². The van der Waals surface area contributed by atoms with Crippen molar-refractivity contribution in [1.29, 1.82) is 0 Å². The molecule has 3 N–H and O–H groups in total. The maximum atomic E-state index is 11.1. The van der Waals surface area contributed by atoms with E-state index in [4.69, 9.17) is 0 Å². The van der Waals surface area contributed by atoms with Crippen LogP contribution in [-0.2, 0) is 0 Å². The number of hydrogen-bond acceptors (Lipinski definition) is 6. The Hall–Kier alpha value is -1.28. The van der Waals surface area contributed by atoms with E-state index in [1.165, 1.54) is 12.1 Å². The van der Waals surface area contributed by atoms with E-state index in [1.807, 2.05) is 0 Å². The van der Waals surface area contributed by atoms with E-state index in [-0.39, 0.29) is 36.3 Å². The highest BCUT2D eigenvalue weighted by atomic mass is 35.5. The van der Waals surface area contributed by atoms with E-state index in [0.717, 1.165) is 26.2 Å². The van der Waals surface area contributed by atoms with Gasteiger partial charge in [0.15, 0.2) is 5.75 Å². The maximum absolute atomic E-state index is 11.1. The first-order valence-corrected chi connectivity index (χ1v) is 7.37. The highest BCUT2D eigenvalue weighted by molar-refractivity contribution is 5.85. The summed E-state index contributed by atoms with van der Waals surface area (Å²) in [6.07, 6.45) is 0. The summed E-state index contributed by atoms with van der Waals surface area (Å²) in [6.45, 7) is 9.58. The molecule has 0 saturated carbocycles. The fraction of sp³-hybridized carbons (Fsp3) is 0.600. The van der Waals surface area contributed by atoms with Gasteiger partial charge in [-0.1, -0.05) is 20.8 Å². The number of halogens is 2. The van der Waals surface area contributed by atoms with Crippen molar-refractivity contribution in [2.75, 3.05) is 26.2 Å². The fourth-order valence-corrected chi connectivity index (χ4v) is 3.12. The number of rotatable bonds is 3. The summed E-state index contributed by atoms with van der Waals surface area (Å²) >= 11 is 0. The fourth-order valence-electron chi connectivity index (χ4n) is 3.12. The average molecular weight is 382 g/mol. The van der Waals surface area contributed by atoms with Crippen LogP contribution in [0.5, 0.6) is 11.5 Å². The lowest BCUT2D eigenvalue weighted by molar-refractivity contribution is -0.386. The van der Waals surface area contributed by atoms with Gasteiger partial charge in [0.05, 0.1) is 4.92 Å². The number of aromatic hydroxyl groups is 2. The van der Waals surface area contributed by atoms with Crippen LogP contribution in [0.1, 0.15) is 32.4 Å². The third kappa shape index (κ3) is 4.86. The van der Waals surface area contributed by atoms with Crippen LogP contribution in [0.25, 0.3) is 0 Å². The Bertz CT molecular complexity index is 573. The zero-order chi connectivity index (χ0) is 16.5. The van der Waals surface area contributed by atoms with Crippen molar-refractivity contribution in [3.8, 4) is 11.5 Å². The molecular formula is C15H25Cl2N3O4. The Morgan fingerprint density at radius 2 is 1.75 bits per heavy atom. The molecule has 0 bridgehead atoms. The lowest BCUT2D eigenvalue weighted by Gasteiger charge is -2.42. The summed E-state index contributed by atoms with van der Waals surface area (Å²) in [5.74, 6) is -1.13. The van der Waals surface area contributed by atoms with Crippen LogP contribution in [0, 0.1) is 15.5 Å². The highest BCUT2D eigenvalue weighted by Gasteiger charge is 2.34. The number of phenols is 2. The molecule has 1 fully saturated rings. The summed E-state index contributed by atoms with van der Waals surface area (Å²) in [6, 6.07) is 2.72. The zero-order valence-electron chi connectivity index (χ0n) is 14.0. The molecule has 0 aliphatic carbocycles. The van der Waals surface area contributed by atoms with Crippen LogP contribution in [0.2, 0.25) is 0 Å². The number of benzene rings is 1. The molecule has 1 atom stereocenters. The van der Waals surface area contributed by atoms with Crippen molar-refractivity contribution in [3.63, 3.8) is 0 Å². The molecule has 1 aromatic carbocycles. The summed E-state index contributed by atoms with van der Waals surface area (Å²) in [4.78, 5) is 12.7. The van der Waals surface area contributed by atoms with Crippen molar-refractivity contribution < 1.29 is 15.1 Å². The van der Waals surface area contributed by atoms with Gasteiger partial charge >= 0.3 is 5.69 Å². The zero-order valence-corrected chi connectivity index (χ0v) is 15.6. The second-order valence-electron chi connectivity index (χ2n) is 6.72. The minimum Gasteiger partial charge on any atom is -0.504 e. The first kappa shape index (κ1) is 22.7. The molecule has 0 aromatic heterocycles. The molecule has 1 heterocycles. The number of nitrogens with one attached hydrogen (secondary N) is 1. The quantitative estimate of drug-likeness (QED) is 0.422. The predicted molar refractivity (Wildman–Crippen MR) is 97.6 cm³/mol. The molecule has 7 nitrogen and oxygen atoms in total. The molecule has 138 valence electrons. The van der Waals surface area contributed by atoms with Gasteiger partial charge in [-0.15, -0.1) is 24.8 Å². The molecule has 9 heteroatoms. The number of nitro groups is 1. The molecule has 1 aliphatic heterocycles. The van der Waals surface area contributed by atoms with Crippen molar-refractivity contribution in [2.45, 2.75) is 26.8 Å². The minimum atomic E-state index is -0.679. The lowest BCUT2D eigenvalue weighted by atomic mass is 9.80. The molecule has 0 amide bonds. The van der Waals surface area contributed by atoms with E-state index in [2.05, 4.69) is 31.0 Å². The summed E-state index contributed by atoms with van der Waals surface area (Å²) in [7, 11) is 0. The lowest BCUT2D eigenvalue weighted by Crippen LogP contribution is -2.48. The summed E-state index contributed by atoms with van der Waals surface area (Å²) in [5, 5.41) is 33.9. The Kier molecular flexibility index (Phi) is 8.25. The molecule has 0 radical (unpaired) electrons. The Balaban J connectivity index is 0.00000264. The van der Waals surface area contributed by atoms with Gasteiger partial charge in [0.25, 0.3) is 0 Å². The van der Waals surface area contributed by atoms with Gasteiger partial charge in [-0.2, -0.15) is 0 Å². The molecule has 0 spiro atoms. The van der Waals surface area contributed by atoms with Crippen LogP contribution >= 0.6 is 24.8 Å². The van der Waals surface area contributed by atoms with E-state index < -0.39 is 22.1 Å². The third-order valence-electron chi connectivity index (χ3n) is 3.94. The molecular weight excluding hydrogens is 357 g/mol. The highest BCUT2D eigenvalue weighted by Crippen LogP contribution is 2.44. The number of nitrogens with zero attached hydrogens (tertiary/aromatic N) is 2. The Labute approximate surface area is 154 Å². The number of phenolic OH excluding ortho intramolecular Hbond substituents is 2. The van der Waals surface area contributed by atoms with Crippen LogP contribution in [0.3, 0.4) is 0 Å². The van der Waals surface area contributed by atoms with Crippen molar-refractivity contribution in [1.82, 2.24) is 10.2 Å². The number of piperazine rings is 1. The van der Waals surface area contributed by atoms with Gasteiger partial charge in [-0.05, 0) is 17.0 Å². The van der Waals surface area contributed by atoms with Gasteiger partial charge < -0.3 is 15.5 Å². The topological polar surface area (TPSA) is 98.9 Å². The normalized spacial score (nSPS) is 16.6. The smallest absolute Gasteiger partial charge is 0.314 e. The van der Waals surface area contributed by atoms with Gasteiger partial charge in [-0.25, -0.2) is 0 Å². The van der Waals surface area contributed by atoms with Gasteiger partial charge in [0.2, 0.25) is 5.75 Å². The standard InChI is InChI=1S/C15H23N3O4.2ClH/c1-15(2,3)14(17-6-4-16-5-7-17)10-8-11(18(21)22)13(20)12(19)9-10;;/h8-9,14,16,19-20H,4-7H2,1-3H3;2*1H/t14-;;/m1../s1. The van der Waals surface area contributed by atoms with Crippen LogP contribution < -0.4 is 5.32 Å².